The molecule has 3 aliphatic heterocycles. The lowest BCUT2D eigenvalue weighted by atomic mass is 9.94. The standard InChI is InChI=1S/C29H42Cl2N6O8S/c1-34-11-13-36(14-12-34)29(41)45-15-7-20-5-9-35(10-6-20)28(40)32-19-24(27(39)44-2)33-26(38)25-4-3-8-37(25)46(42,43)23-17-21(30)16-22(31)18-23/h16-18,20,24-25H,3-15,19H2,1-2H3,(H,32,40)(H,33,38)/t24-,25-/m0/s1. The van der Waals surface area contributed by atoms with E-state index in [4.69, 9.17) is 32.7 Å². The molecule has 3 fully saturated rings. The number of esters is 1. The maximum Gasteiger partial charge on any atom is 0.409 e. The van der Waals surface area contributed by atoms with E-state index in [1.54, 1.807) is 9.80 Å². The minimum Gasteiger partial charge on any atom is -0.467 e. The summed E-state index contributed by atoms with van der Waals surface area (Å²) in [4.78, 5) is 56.4. The van der Waals surface area contributed by atoms with Crippen LogP contribution in [0.5, 0.6) is 0 Å². The molecule has 0 bridgehead atoms. The number of nitrogens with zero attached hydrogens (tertiary/aromatic N) is 4. The molecule has 1 aromatic rings. The molecule has 14 nitrogen and oxygen atoms in total. The van der Waals surface area contributed by atoms with Gasteiger partial charge in [-0.15, -0.1) is 0 Å². The fraction of sp³-hybridized carbons (Fsp3) is 0.655. The van der Waals surface area contributed by atoms with E-state index in [1.807, 2.05) is 7.05 Å². The predicted octanol–water partition coefficient (Wildman–Crippen LogP) is 2.00. The van der Waals surface area contributed by atoms with Crippen molar-refractivity contribution < 1.29 is 37.1 Å². The fourth-order valence-electron chi connectivity index (χ4n) is 5.83. The summed E-state index contributed by atoms with van der Waals surface area (Å²) in [6.45, 7) is 4.12. The van der Waals surface area contributed by atoms with Crippen LogP contribution < -0.4 is 10.6 Å². The van der Waals surface area contributed by atoms with Crippen molar-refractivity contribution in [1.82, 2.24) is 29.6 Å². The summed E-state index contributed by atoms with van der Waals surface area (Å²) in [5.41, 5.74) is 0. The smallest absolute Gasteiger partial charge is 0.409 e. The maximum absolute atomic E-state index is 13.4. The summed E-state index contributed by atoms with van der Waals surface area (Å²) < 4.78 is 38.1. The Bertz CT molecular complexity index is 1350. The topological polar surface area (TPSA) is 158 Å². The molecule has 1 aromatic carbocycles. The Kier molecular flexibility index (Phi) is 12.8. The molecule has 0 unspecified atom stereocenters. The molecule has 2 atom stereocenters. The van der Waals surface area contributed by atoms with E-state index < -0.39 is 40.0 Å². The molecule has 0 saturated carbocycles. The van der Waals surface area contributed by atoms with Crippen LogP contribution in [0, 0.1) is 5.92 Å². The number of piperidine rings is 1. The summed E-state index contributed by atoms with van der Waals surface area (Å²) in [6.07, 6.45) is 2.57. The Morgan fingerprint density at radius 3 is 2.22 bits per heavy atom. The van der Waals surface area contributed by atoms with Crippen LogP contribution in [0.25, 0.3) is 0 Å². The third-order valence-electron chi connectivity index (χ3n) is 8.62. The van der Waals surface area contributed by atoms with Gasteiger partial charge in [-0.2, -0.15) is 4.31 Å². The van der Waals surface area contributed by atoms with Crippen LogP contribution in [0.3, 0.4) is 0 Å². The number of amides is 4. The molecular formula is C29H42Cl2N6O8S. The number of likely N-dealkylation sites (N-methyl/N-ethyl adjacent to an activating group) is 1. The molecular weight excluding hydrogens is 663 g/mol. The minimum absolute atomic E-state index is 0.0961. The zero-order valence-electron chi connectivity index (χ0n) is 26.1. The summed E-state index contributed by atoms with van der Waals surface area (Å²) in [7, 11) is -0.939. The Labute approximate surface area is 279 Å². The number of ether oxygens (including phenoxy) is 2. The summed E-state index contributed by atoms with van der Waals surface area (Å²) in [5, 5.41) is 5.52. The van der Waals surface area contributed by atoms with E-state index in [0.29, 0.717) is 51.5 Å². The molecule has 4 rings (SSSR count). The number of hydrogen-bond donors (Lipinski definition) is 2. The lowest BCUT2D eigenvalue weighted by Crippen LogP contribution is -2.55. The van der Waals surface area contributed by atoms with Crippen LogP contribution in [-0.4, -0.2) is 137 Å². The molecule has 256 valence electrons. The van der Waals surface area contributed by atoms with Crippen LogP contribution in [-0.2, 0) is 29.1 Å². The van der Waals surface area contributed by atoms with Crippen LogP contribution in [0.4, 0.5) is 9.59 Å². The Morgan fingerprint density at radius 2 is 1.59 bits per heavy atom. The first-order chi connectivity index (χ1) is 21.9. The van der Waals surface area contributed by atoms with E-state index in [-0.39, 0.29) is 40.5 Å². The van der Waals surface area contributed by atoms with Gasteiger partial charge < -0.3 is 34.8 Å². The largest absolute Gasteiger partial charge is 0.467 e. The van der Waals surface area contributed by atoms with E-state index in [0.717, 1.165) is 37.3 Å². The van der Waals surface area contributed by atoms with Crippen LogP contribution in [0.15, 0.2) is 23.1 Å². The van der Waals surface area contributed by atoms with Gasteiger partial charge in [-0.25, -0.2) is 22.8 Å². The number of hydrogen-bond acceptors (Lipinski definition) is 9. The lowest BCUT2D eigenvalue weighted by molar-refractivity contribution is -0.145. The fourth-order valence-corrected chi connectivity index (χ4v) is 8.21. The highest BCUT2D eigenvalue weighted by Gasteiger charge is 2.41. The van der Waals surface area contributed by atoms with Gasteiger partial charge in [0.25, 0.3) is 0 Å². The second-order valence-corrected chi connectivity index (χ2v) is 14.5. The van der Waals surface area contributed by atoms with Crippen molar-refractivity contribution in [3.63, 3.8) is 0 Å². The number of nitrogens with one attached hydrogen (secondary N) is 2. The van der Waals surface area contributed by atoms with Crippen molar-refractivity contribution in [3.8, 4) is 0 Å². The maximum atomic E-state index is 13.4. The normalized spacial score (nSPS) is 20.7. The quantitative estimate of drug-likeness (QED) is 0.348. The molecule has 0 radical (unpaired) electrons. The van der Waals surface area contributed by atoms with Crippen molar-refractivity contribution in [1.29, 1.82) is 0 Å². The van der Waals surface area contributed by atoms with E-state index in [9.17, 15) is 27.6 Å². The second-order valence-electron chi connectivity index (χ2n) is 11.8. The first-order valence-electron chi connectivity index (χ1n) is 15.4. The van der Waals surface area contributed by atoms with E-state index >= 15 is 0 Å². The van der Waals surface area contributed by atoms with E-state index in [1.165, 1.54) is 18.2 Å². The van der Waals surface area contributed by atoms with Gasteiger partial charge in [-0.3, -0.25) is 4.79 Å². The number of urea groups is 1. The Morgan fingerprint density at radius 1 is 0.935 bits per heavy atom. The number of piperazine rings is 1. The second kappa shape index (κ2) is 16.3. The van der Waals surface area contributed by atoms with Crippen molar-refractivity contribution in [2.45, 2.75) is 49.1 Å². The SMILES string of the molecule is COC(=O)[C@H](CNC(=O)N1CCC(CCOC(=O)N2CCN(C)CC2)CC1)NC(=O)[C@@H]1CCCN1S(=O)(=O)c1cc(Cl)cc(Cl)c1. The van der Waals surface area contributed by atoms with Gasteiger partial charge in [-0.1, -0.05) is 23.2 Å². The summed E-state index contributed by atoms with van der Waals surface area (Å²) >= 11 is 12.0. The Balaban J connectivity index is 1.24. The Hall–Kier alpha value is -2.85. The highest BCUT2D eigenvalue weighted by molar-refractivity contribution is 7.89. The average molecular weight is 706 g/mol. The van der Waals surface area contributed by atoms with Gasteiger partial charge in [0, 0.05) is 55.9 Å². The van der Waals surface area contributed by atoms with Crippen molar-refractivity contribution in [2.24, 2.45) is 5.92 Å². The van der Waals surface area contributed by atoms with Crippen molar-refractivity contribution in [2.75, 3.05) is 73.1 Å². The molecule has 17 heteroatoms. The zero-order valence-corrected chi connectivity index (χ0v) is 28.4. The van der Waals surface area contributed by atoms with Crippen LogP contribution in [0.1, 0.15) is 32.1 Å². The molecule has 4 amide bonds. The number of halogens is 2. The molecule has 0 spiro atoms. The van der Waals surface area contributed by atoms with Gasteiger partial charge in [0.1, 0.15) is 12.1 Å². The highest BCUT2D eigenvalue weighted by Crippen LogP contribution is 2.30. The number of carbonyl (C=O) groups excluding carboxylic acids is 4. The van der Waals surface area contributed by atoms with Crippen molar-refractivity contribution >= 4 is 57.2 Å². The molecule has 2 N–H and O–H groups in total. The lowest BCUT2D eigenvalue weighted by Gasteiger charge is -2.33. The van der Waals surface area contributed by atoms with Crippen LogP contribution >= 0.6 is 23.2 Å². The van der Waals surface area contributed by atoms with Gasteiger partial charge >= 0.3 is 18.1 Å². The molecule has 3 aliphatic rings. The summed E-state index contributed by atoms with van der Waals surface area (Å²) in [6, 6.07) is 1.21. The zero-order chi connectivity index (χ0) is 33.4. The third-order valence-corrected chi connectivity index (χ3v) is 10.9. The first kappa shape index (κ1) is 36.0. The van der Waals surface area contributed by atoms with Gasteiger partial charge in [0.15, 0.2) is 0 Å². The summed E-state index contributed by atoms with van der Waals surface area (Å²) in [5.74, 6) is -1.17. The average Bonchev–Trinajstić information content (AvgIpc) is 3.54. The van der Waals surface area contributed by atoms with Gasteiger partial charge in [0.2, 0.25) is 15.9 Å². The minimum atomic E-state index is -4.12. The number of benzene rings is 1. The third kappa shape index (κ3) is 9.37. The molecule has 0 aliphatic carbocycles. The van der Waals surface area contributed by atoms with E-state index in [2.05, 4.69) is 15.5 Å². The number of rotatable bonds is 10. The van der Waals surface area contributed by atoms with Gasteiger partial charge in [-0.05, 0) is 63.3 Å². The number of sulfonamides is 1. The molecule has 0 aromatic heterocycles. The molecule has 46 heavy (non-hydrogen) atoms. The number of methoxy groups -OCH3 is 1. The predicted molar refractivity (Wildman–Crippen MR) is 170 cm³/mol. The van der Waals surface area contributed by atoms with Crippen LogP contribution in [0.2, 0.25) is 10.0 Å². The molecule has 3 heterocycles. The molecule has 3 saturated heterocycles. The number of carbonyl (C=O) groups is 4. The highest BCUT2D eigenvalue weighted by atomic mass is 35.5. The van der Waals surface area contributed by atoms with Gasteiger partial charge in [0.05, 0.1) is 25.2 Å². The first-order valence-corrected chi connectivity index (χ1v) is 17.6. The monoisotopic (exact) mass is 704 g/mol. The van der Waals surface area contributed by atoms with Crippen molar-refractivity contribution in [3.05, 3.63) is 28.2 Å². The number of likely N-dealkylation sites (tertiary alicyclic amines) is 1.